The number of furan rings is 2. The van der Waals surface area contributed by atoms with E-state index in [0.717, 1.165) is 67.5 Å². The van der Waals surface area contributed by atoms with Crippen LogP contribution in [0.15, 0.2) is 173 Å². The molecule has 0 aliphatic heterocycles. The molecule has 1 unspecified atom stereocenters. The van der Waals surface area contributed by atoms with E-state index in [1.54, 1.807) is 0 Å². The summed E-state index contributed by atoms with van der Waals surface area (Å²) in [7, 11) is 0. The number of nitrogens with zero attached hydrogens (tertiary/aromatic N) is 1. The van der Waals surface area contributed by atoms with Crippen molar-refractivity contribution in [3.05, 3.63) is 181 Å². The van der Waals surface area contributed by atoms with Gasteiger partial charge >= 0.3 is 0 Å². The zero-order valence-corrected chi connectivity index (χ0v) is 27.7. The highest BCUT2D eigenvalue weighted by atomic mass is 16.3. The van der Waals surface area contributed by atoms with Crippen molar-refractivity contribution in [2.24, 2.45) is 0 Å². The highest BCUT2D eigenvalue weighted by Gasteiger charge is 2.26. The van der Waals surface area contributed by atoms with E-state index < -0.39 is 0 Å². The van der Waals surface area contributed by atoms with Crippen molar-refractivity contribution < 1.29 is 8.83 Å². The molecule has 0 N–H and O–H groups in total. The molecule has 11 rings (SSSR count). The molecule has 3 nitrogen and oxygen atoms in total. The van der Waals surface area contributed by atoms with Crippen LogP contribution in [0.25, 0.3) is 88.7 Å². The first-order valence-electron chi connectivity index (χ1n) is 17.6. The Bertz CT molecular complexity index is 2980. The maximum atomic E-state index is 6.80. The maximum Gasteiger partial charge on any atom is 0.143 e. The predicted molar refractivity (Wildman–Crippen MR) is 211 cm³/mol. The number of fused-ring (bicyclic) bond motifs is 9. The summed E-state index contributed by atoms with van der Waals surface area (Å²) < 4.78 is 15.8. The van der Waals surface area contributed by atoms with Gasteiger partial charge in [0.25, 0.3) is 0 Å². The second kappa shape index (κ2) is 11.0. The highest BCUT2D eigenvalue weighted by molar-refractivity contribution is 6.15. The number of benzene rings is 7. The summed E-state index contributed by atoms with van der Waals surface area (Å²) in [5, 5.41) is 5.69. The Kier molecular flexibility index (Phi) is 6.08. The molecule has 1 aliphatic carbocycles. The van der Waals surface area contributed by atoms with Crippen molar-refractivity contribution in [3.63, 3.8) is 0 Å². The molecule has 1 aliphatic rings. The lowest BCUT2D eigenvalue weighted by Crippen LogP contribution is -2.03. The minimum Gasteiger partial charge on any atom is -0.460 e. The number of hydrogen-bond donors (Lipinski definition) is 0. The van der Waals surface area contributed by atoms with Crippen LogP contribution in [0.5, 0.6) is 0 Å². The standard InChI is InChI=1S/C48H31NO2/c1-4-12-30(13-5-1)32-22-24-43-39(26-32)40-27-33(23-25-44(40)49(43)34-16-8-3-9-17-34)36-19-11-21-38-42-29-45-41(28-46(42)51-48(36)38)37-20-10-18-35(47(37)50-45)31-14-6-2-7-15-31/h1-17,19-29,35H,18H2. The largest absolute Gasteiger partial charge is 0.460 e. The second-order valence-electron chi connectivity index (χ2n) is 13.6. The summed E-state index contributed by atoms with van der Waals surface area (Å²) in [6.45, 7) is 0. The molecule has 51 heavy (non-hydrogen) atoms. The molecule has 0 saturated carbocycles. The van der Waals surface area contributed by atoms with Crippen molar-refractivity contribution in [1.82, 2.24) is 4.57 Å². The summed E-state index contributed by atoms with van der Waals surface area (Å²) in [4.78, 5) is 0. The van der Waals surface area contributed by atoms with Gasteiger partial charge in [-0.2, -0.15) is 0 Å². The Morgan fingerprint density at radius 1 is 0.490 bits per heavy atom. The Labute approximate surface area is 294 Å². The van der Waals surface area contributed by atoms with Crippen molar-refractivity contribution >= 4 is 60.8 Å². The van der Waals surface area contributed by atoms with Gasteiger partial charge in [0.05, 0.1) is 11.0 Å². The fourth-order valence-electron chi connectivity index (χ4n) is 8.34. The molecule has 0 amide bonds. The molecule has 0 radical (unpaired) electrons. The van der Waals surface area contributed by atoms with Gasteiger partial charge in [-0.3, -0.25) is 0 Å². The number of rotatable bonds is 4. The fourth-order valence-corrected chi connectivity index (χ4v) is 8.34. The average Bonchev–Trinajstić information content (AvgIpc) is 3.86. The predicted octanol–water partition coefficient (Wildman–Crippen LogP) is 13.3. The van der Waals surface area contributed by atoms with Gasteiger partial charge in [0.1, 0.15) is 22.5 Å². The molecule has 3 heterocycles. The fraction of sp³-hybridized carbons (Fsp3) is 0.0417. The summed E-state index contributed by atoms with van der Waals surface area (Å²) in [5.41, 5.74) is 13.2. The Morgan fingerprint density at radius 2 is 1.16 bits per heavy atom. The monoisotopic (exact) mass is 653 g/mol. The quantitative estimate of drug-likeness (QED) is 0.189. The molecular formula is C48H31NO2. The number of allylic oxidation sites excluding steroid dienone is 1. The van der Waals surface area contributed by atoms with Gasteiger partial charge in [0.2, 0.25) is 0 Å². The smallest absolute Gasteiger partial charge is 0.143 e. The van der Waals surface area contributed by atoms with Crippen LogP contribution in [0.2, 0.25) is 0 Å². The van der Waals surface area contributed by atoms with Gasteiger partial charge in [-0.1, -0.05) is 121 Å². The summed E-state index contributed by atoms with van der Waals surface area (Å²) in [5.74, 6) is 1.24. The molecule has 7 aromatic carbocycles. The summed E-state index contributed by atoms with van der Waals surface area (Å²) in [6.07, 6.45) is 5.41. The summed E-state index contributed by atoms with van der Waals surface area (Å²) in [6, 6.07) is 56.4. The topological polar surface area (TPSA) is 31.2 Å². The minimum atomic E-state index is 0.208. The van der Waals surface area contributed by atoms with Crippen LogP contribution < -0.4 is 0 Å². The van der Waals surface area contributed by atoms with E-state index in [2.05, 4.69) is 174 Å². The molecule has 0 bridgehead atoms. The van der Waals surface area contributed by atoms with Crippen molar-refractivity contribution in [2.45, 2.75) is 12.3 Å². The Balaban J connectivity index is 1.09. The van der Waals surface area contributed by atoms with E-state index >= 15 is 0 Å². The lowest BCUT2D eigenvalue weighted by molar-refractivity contribution is 0.517. The van der Waals surface area contributed by atoms with E-state index in [-0.39, 0.29) is 5.92 Å². The number of hydrogen-bond acceptors (Lipinski definition) is 2. The second-order valence-corrected chi connectivity index (χ2v) is 13.6. The third kappa shape index (κ3) is 4.31. The van der Waals surface area contributed by atoms with Crippen molar-refractivity contribution in [3.8, 4) is 27.9 Å². The van der Waals surface area contributed by atoms with E-state index in [9.17, 15) is 0 Å². The van der Waals surface area contributed by atoms with Crippen LogP contribution in [0, 0.1) is 0 Å². The van der Waals surface area contributed by atoms with E-state index in [1.807, 2.05) is 0 Å². The first kappa shape index (κ1) is 28.3. The molecule has 0 fully saturated rings. The third-order valence-electron chi connectivity index (χ3n) is 10.7. The van der Waals surface area contributed by atoms with Crippen LogP contribution >= 0.6 is 0 Å². The molecule has 10 aromatic rings. The van der Waals surface area contributed by atoms with Gasteiger partial charge in [0.15, 0.2) is 0 Å². The van der Waals surface area contributed by atoms with Crippen LogP contribution in [-0.2, 0) is 0 Å². The van der Waals surface area contributed by atoms with Gasteiger partial charge in [-0.15, -0.1) is 0 Å². The number of aromatic nitrogens is 1. The summed E-state index contributed by atoms with van der Waals surface area (Å²) >= 11 is 0. The third-order valence-corrected chi connectivity index (χ3v) is 10.7. The molecule has 240 valence electrons. The molecule has 3 heteroatoms. The average molecular weight is 654 g/mol. The van der Waals surface area contributed by atoms with Crippen LogP contribution in [0.4, 0.5) is 0 Å². The van der Waals surface area contributed by atoms with Crippen LogP contribution in [-0.4, -0.2) is 4.57 Å². The van der Waals surface area contributed by atoms with Crippen LogP contribution in [0.1, 0.15) is 29.2 Å². The van der Waals surface area contributed by atoms with E-state index in [4.69, 9.17) is 8.83 Å². The normalized spacial score (nSPS) is 14.3. The SMILES string of the molecule is C1=Cc2c(oc3cc4c(cc23)oc2c(-c3ccc5c(c3)c3cc(-c6ccccc6)ccc3n5-c3ccccc3)cccc24)C(c2ccccc2)C1. The Hall–Kier alpha value is -6.58. The van der Waals surface area contributed by atoms with Crippen molar-refractivity contribution in [2.75, 3.05) is 0 Å². The van der Waals surface area contributed by atoms with Gasteiger partial charge < -0.3 is 13.4 Å². The van der Waals surface area contributed by atoms with Crippen LogP contribution in [0.3, 0.4) is 0 Å². The molecule has 0 spiro atoms. The van der Waals surface area contributed by atoms with Crippen molar-refractivity contribution in [1.29, 1.82) is 0 Å². The minimum absolute atomic E-state index is 0.208. The van der Waals surface area contributed by atoms with Gasteiger partial charge in [-0.25, -0.2) is 0 Å². The molecule has 3 aromatic heterocycles. The van der Waals surface area contributed by atoms with Gasteiger partial charge in [0, 0.05) is 49.7 Å². The highest BCUT2D eigenvalue weighted by Crippen LogP contribution is 2.45. The van der Waals surface area contributed by atoms with E-state index in [1.165, 1.54) is 38.5 Å². The molecule has 0 saturated heterocycles. The van der Waals surface area contributed by atoms with Gasteiger partial charge in [-0.05, 0) is 77.2 Å². The first-order chi connectivity index (χ1) is 25.3. The zero-order valence-electron chi connectivity index (χ0n) is 27.7. The van der Waals surface area contributed by atoms with E-state index in [0.29, 0.717) is 0 Å². The number of para-hydroxylation sites is 2. The maximum absolute atomic E-state index is 6.80. The zero-order chi connectivity index (χ0) is 33.5. The Morgan fingerprint density at radius 3 is 1.94 bits per heavy atom. The lowest BCUT2D eigenvalue weighted by Gasteiger charge is -2.17. The first-order valence-corrected chi connectivity index (χ1v) is 17.6. The molecule has 1 atom stereocenters. The lowest BCUT2D eigenvalue weighted by atomic mass is 9.87. The molecular weight excluding hydrogens is 623 g/mol.